The van der Waals surface area contributed by atoms with Gasteiger partial charge in [-0.2, -0.15) is 11.8 Å². The lowest BCUT2D eigenvalue weighted by Gasteiger charge is -2.31. The standard InChI is InChI=1S/C14H20BrNOS/c1-11-10-16(7-8-18-11)6-5-14(17)12-3-2-4-13(15)9-12/h2-4,9,11,14,17H,5-8,10H2,1H3. The van der Waals surface area contributed by atoms with Crippen LogP contribution < -0.4 is 0 Å². The maximum atomic E-state index is 10.2. The van der Waals surface area contributed by atoms with Gasteiger partial charge in [0.15, 0.2) is 0 Å². The molecular formula is C14H20BrNOS. The summed E-state index contributed by atoms with van der Waals surface area (Å²) in [6.45, 7) is 5.57. The summed E-state index contributed by atoms with van der Waals surface area (Å²) in [5.41, 5.74) is 1.00. The predicted octanol–water partition coefficient (Wildman–Crippen LogP) is 3.31. The molecule has 1 aromatic rings. The largest absolute Gasteiger partial charge is 0.388 e. The average Bonchev–Trinajstić information content (AvgIpc) is 2.36. The van der Waals surface area contributed by atoms with Crippen molar-refractivity contribution in [1.82, 2.24) is 4.90 Å². The Morgan fingerprint density at radius 3 is 3.11 bits per heavy atom. The second-order valence-electron chi connectivity index (χ2n) is 4.84. The third-order valence-electron chi connectivity index (χ3n) is 3.28. The number of aliphatic hydroxyl groups is 1. The van der Waals surface area contributed by atoms with E-state index in [9.17, 15) is 5.11 Å². The highest BCUT2D eigenvalue weighted by atomic mass is 79.9. The van der Waals surface area contributed by atoms with E-state index in [0.29, 0.717) is 0 Å². The molecule has 0 aromatic heterocycles. The summed E-state index contributed by atoms with van der Waals surface area (Å²) in [6.07, 6.45) is 0.459. The average molecular weight is 330 g/mol. The first-order valence-electron chi connectivity index (χ1n) is 6.42. The molecule has 2 nitrogen and oxygen atoms in total. The van der Waals surface area contributed by atoms with Gasteiger partial charge in [-0.25, -0.2) is 0 Å². The van der Waals surface area contributed by atoms with Crippen LogP contribution in [0.3, 0.4) is 0 Å². The van der Waals surface area contributed by atoms with Crippen LogP contribution in [0.25, 0.3) is 0 Å². The first kappa shape index (κ1) is 14.4. The third kappa shape index (κ3) is 4.26. The highest BCUT2D eigenvalue weighted by Crippen LogP contribution is 2.23. The Morgan fingerprint density at radius 2 is 2.39 bits per heavy atom. The van der Waals surface area contributed by atoms with E-state index in [-0.39, 0.29) is 6.10 Å². The monoisotopic (exact) mass is 329 g/mol. The highest BCUT2D eigenvalue weighted by molar-refractivity contribution is 9.10. The molecule has 0 bridgehead atoms. The Labute approximate surface area is 122 Å². The molecule has 2 atom stereocenters. The van der Waals surface area contributed by atoms with E-state index < -0.39 is 0 Å². The molecule has 0 aliphatic carbocycles. The molecule has 1 aliphatic heterocycles. The van der Waals surface area contributed by atoms with Crippen LogP contribution in [-0.4, -0.2) is 40.6 Å². The molecule has 100 valence electrons. The number of thioether (sulfide) groups is 1. The number of benzene rings is 1. The molecular weight excluding hydrogens is 310 g/mol. The molecule has 0 amide bonds. The number of hydrogen-bond acceptors (Lipinski definition) is 3. The smallest absolute Gasteiger partial charge is 0.0802 e. The van der Waals surface area contributed by atoms with Crippen LogP contribution in [0.1, 0.15) is 25.0 Å². The van der Waals surface area contributed by atoms with Gasteiger partial charge >= 0.3 is 0 Å². The van der Waals surface area contributed by atoms with Crippen LogP contribution in [0.5, 0.6) is 0 Å². The SMILES string of the molecule is CC1CN(CCC(O)c2cccc(Br)c2)CCS1. The predicted molar refractivity (Wildman–Crippen MR) is 82.1 cm³/mol. The van der Waals surface area contributed by atoms with Gasteiger partial charge in [-0.15, -0.1) is 0 Å². The van der Waals surface area contributed by atoms with E-state index in [1.54, 1.807) is 0 Å². The molecule has 0 spiro atoms. The van der Waals surface area contributed by atoms with Crippen LogP contribution in [0.15, 0.2) is 28.7 Å². The van der Waals surface area contributed by atoms with Crippen LogP contribution in [0, 0.1) is 0 Å². The van der Waals surface area contributed by atoms with E-state index in [0.717, 1.165) is 41.3 Å². The van der Waals surface area contributed by atoms with E-state index in [1.807, 2.05) is 36.0 Å². The van der Waals surface area contributed by atoms with Crippen molar-refractivity contribution in [3.05, 3.63) is 34.3 Å². The lowest BCUT2D eigenvalue weighted by Crippen LogP contribution is -2.37. The van der Waals surface area contributed by atoms with Gasteiger partial charge in [0.25, 0.3) is 0 Å². The van der Waals surface area contributed by atoms with Crippen molar-refractivity contribution in [3.8, 4) is 0 Å². The molecule has 18 heavy (non-hydrogen) atoms. The van der Waals surface area contributed by atoms with E-state index in [1.165, 1.54) is 5.75 Å². The zero-order valence-corrected chi connectivity index (χ0v) is 13.1. The molecule has 1 fully saturated rings. The van der Waals surface area contributed by atoms with Crippen LogP contribution in [0.2, 0.25) is 0 Å². The first-order valence-corrected chi connectivity index (χ1v) is 8.27. The van der Waals surface area contributed by atoms with E-state index in [4.69, 9.17) is 0 Å². The van der Waals surface area contributed by atoms with E-state index >= 15 is 0 Å². The number of aliphatic hydroxyl groups excluding tert-OH is 1. The molecule has 2 rings (SSSR count). The summed E-state index contributed by atoms with van der Waals surface area (Å²) in [7, 11) is 0. The number of rotatable bonds is 4. The lowest BCUT2D eigenvalue weighted by molar-refractivity contribution is 0.143. The Bertz CT molecular complexity index is 388. The van der Waals surface area contributed by atoms with Crippen molar-refractivity contribution >= 4 is 27.7 Å². The number of nitrogens with zero attached hydrogens (tertiary/aromatic N) is 1. The fraction of sp³-hybridized carbons (Fsp3) is 0.571. The molecule has 0 saturated carbocycles. The van der Waals surface area contributed by atoms with Crippen molar-refractivity contribution < 1.29 is 5.11 Å². The Hall–Kier alpha value is -0.0300. The first-order chi connectivity index (χ1) is 8.65. The summed E-state index contributed by atoms with van der Waals surface area (Å²) >= 11 is 5.49. The maximum absolute atomic E-state index is 10.2. The molecule has 1 aliphatic rings. The van der Waals surface area contributed by atoms with Gasteiger partial charge < -0.3 is 10.0 Å². The second kappa shape index (κ2) is 6.94. The van der Waals surface area contributed by atoms with Crippen LogP contribution >= 0.6 is 27.7 Å². The van der Waals surface area contributed by atoms with Gasteiger partial charge in [-0.05, 0) is 24.1 Å². The second-order valence-corrected chi connectivity index (χ2v) is 7.30. The summed E-state index contributed by atoms with van der Waals surface area (Å²) < 4.78 is 1.03. The Balaban J connectivity index is 1.82. The van der Waals surface area contributed by atoms with E-state index in [2.05, 4.69) is 27.8 Å². The molecule has 2 unspecified atom stereocenters. The van der Waals surface area contributed by atoms with Crippen molar-refractivity contribution in [2.45, 2.75) is 24.7 Å². The molecule has 1 saturated heterocycles. The quantitative estimate of drug-likeness (QED) is 0.916. The van der Waals surface area contributed by atoms with Crippen molar-refractivity contribution in [2.24, 2.45) is 0 Å². The summed E-state index contributed by atoms with van der Waals surface area (Å²) in [6, 6.07) is 7.95. The minimum atomic E-state index is -0.354. The number of halogens is 1. The zero-order chi connectivity index (χ0) is 13.0. The summed E-state index contributed by atoms with van der Waals surface area (Å²) in [5.74, 6) is 1.22. The van der Waals surface area contributed by atoms with Crippen molar-refractivity contribution in [1.29, 1.82) is 0 Å². The molecule has 0 radical (unpaired) electrons. The van der Waals surface area contributed by atoms with Gasteiger partial charge in [0, 0.05) is 35.1 Å². The van der Waals surface area contributed by atoms with Gasteiger partial charge in [0.1, 0.15) is 0 Å². The normalized spacial score (nSPS) is 22.9. The topological polar surface area (TPSA) is 23.5 Å². The minimum Gasteiger partial charge on any atom is -0.388 e. The minimum absolute atomic E-state index is 0.354. The maximum Gasteiger partial charge on any atom is 0.0802 e. The van der Waals surface area contributed by atoms with Crippen LogP contribution in [0.4, 0.5) is 0 Å². The summed E-state index contributed by atoms with van der Waals surface area (Å²) in [5, 5.41) is 10.9. The van der Waals surface area contributed by atoms with Crippen molar-refractivity contribution in [3.63, 3.8) is 0 Å². The highest BCUT2D eigenvalue weighted by Gasteiger charge is 2.17. The molecule has 4 heteroatoms. The third-order valence-corrected chi connectivity index (χ3v) is 4.91. The van der Waals surface area contributed by atoms with Gasteiger partial charge in [-0.3, -0.25) is 0 Å². The molecule has 1 aromatic carbocycles. The van der Waals surface area contributed by atoms with Gasteiger partial charge in [0.05, 0.1) is 6.10 Å². The van der Waals surface area contributed by atoms with Crippen LogP contribution in [-0.2, 0) is 0 Å². The fourth-order valence-corrected chi connectivity index (χ4v) is 3.78. The molecule has 1 N–H and O–H groups in total. The Morgan fingerprint density at radius 1 is 1.56 bits per heavy atom. The zero-order valence-electron chi connectivity index (χ0n) is 10.7. The lowest BCUT2D eigenvalue weighted by atomic mass is 10.1. The van der Waals surface area contributed by atoms with Gasteiger partial charge in [-0.1, -0.05) is 35.0 Å². The molecule has 1 heterocycles. The van der Waals surface area contributed by atoms with Gasteiger partial charge in [0.2, 0.25) is 0 Å². The Kier molecular flexibility index (Phi) is 5.55. The van der Waals surface area contributed by atoms with Crippen molar-refractivity contribution in [2.75, 3.05) is 25.4 Å². The fourth-order valence-electron chi connectivity index (χ4n) is 2.28. The summed E-state index contributed by atoms with van der Waals surface area (Å²) in [4.78, 5) is 2.46. The number of hydrogen-bond donors (Lipinski definition) is 1.